The molecule has 1 atom stereocenters. The van der Waals surface area contributed by atoms with Crippen LogP contribution >= 0.6 is 11.3 Å². The van der Waals surface area contributed by atoms with Crippen LogP contribution in [0.4, 0.5) is 5.69 Å². The summed E-state index contributed by atoms with van der Waals surface area (Å²) in [6.07, 6.45) is 4.42. The maximum absolute atomic E-state index is 13.1. The predicted molar refractivity (Wildman–Crippen MR) is 131 cm³/mol. The van der Waals surface area contributed by atoms with E-state index in [1.807, 2.05) is 12.1 Å². The van der Waals surface area contributed by atoms with Gasteiger partial charge in [-0.1, -0.05) is 12.5 Å². The molecule has 0 saturated heterocycles. The quantitative estimate of drug-likeness (QED) is 0.442. The minimum absolute atomic E-state index is 0.106. The van der Waals surface area contributed by atoms with E-state index < -0.39 is 18.0 Å². The van der Waals surface area contributed by atoms with Crippen LogP contribution in [0.3, 0.4) is 0 Å². The number of pyridine rings is 1. The number of aromatic nitrogens is 3. The van der Waals surface area contributed by atoms with E-state index in [4.69, 9.17) is 4.74 Å². The number of hydrogen-bond donors (Lipinski definition) is 1. The third-order valence-electron chi connectivity index (χ3n) is 6.15. The number of amides is 1. The van der Waals surface area contributed by atoms with Crippen molar-refractivity contribution < 1.29 is 14.3 Å². The molecule has 34 heavy (non-hydrogen) atoms. The van der Waals surface area contributed by atoms with E-state index in [0.717, 1.165) is 53.7 Å². The first-order valence-corrected chi connectivity index (χ1v) is 12.1. The molecule has 4 heterocycles. The summed E-state index contributed by atoms with van der Waals surface area (Å²) in [6.45, 7) is 3.90. The van der Waals surface area contributed by atoms with Crippen LogP contribution < -0.4 is 10.9 Å². The van der Waals surface area contributed by atoms with Crippen LogP contribution in [0.25, 0.3) is 21.1 Å². The van der Waals surface area contributed by atoms with Gasteiger partial charge in [0, 0.05) is 24.5 Å². The van der Waals surface area contributed by atoms with Gasteiger partial charge in [-0.05, 0) is 56.5 Å². The zero-order valence-electron chi connectivity index (χ0n) is 19.0. The van der Waals surface area contributed by atoms with Gasteiger partial charge in [0.15, 0.2) is 6.10 Å². The number of anilines is 1. The standard InChI is InChI=1S/C25H24N4O4S/c1-14-20-23(28-19-11-4-3-5-13-29(19)24(20)31)34-21(14)25(32)33-15(2)22(30)27-18-10-6-9-17-16(18)8-7-12-26-17/h6-10,12,15H,3-5,11,13H2,1-2H3,(H,27,30). The molecule has 9 heteroatoms. The number of ether oxygens (including phenoxy) is 1. The Hall–Kier alpha value is -3.59. The first-order chi connectivity index (χ1) is 16.4. The highest BCUT2D eigenvalue weighted by atomic mass is 32.1. The molecular formula is C25H24N4O4S. The summed E-state index contributed by atoms with van der Waals surface area (Å²) in [6, 6.07) is 9.09. The van der Waals surface area contributed by atoms with Crippen LogP contribution in [0.15, 0.2) is 41.3 Å². The van der Waals surface area contributed by atoms with Crippen molar-refractivity contribution >= 4 is 50.0 Å². The predicted octanol–water partition coefficient (Wildman–Crippen LogP) is 4.23. The molecule has 8 nitrogen and oxygen atoms in total. The number of fused-ring (bicyclic) bond motifs is 3. The summed E-state index contributed by atoms with van der Waals surface area (Å²) in [7, 11) is 0. The van der Waals surface area contributed by atoms with Crippen LogP contribution in [0, 0.1) is 6.92 Å². The van der Waals surface area contributed by atoms with Gasteiger partial charge < -0.3 is 10.1 Å². The summed E-state index contributed by atoms with van der Waals surface area (Å²) >= 11 is 1.15. The molecular weight excluding hydrogens is 452 g/mol. The molecule has 0 aliphatic carbocycles. The van der Waals surface area contributed by atoms with Gasteiger partial charge in [-0.2, -0.15) is 0 Å². The number of esters is 1. The topological polar surface area (TPSA) is 103 Å². The molecule has 0 fully saturated rings. The van der Waals surface area contributed by atoms with E-state index in [9.17, 15) is 14.4 Å². The summed E-state index contributed by atoms with van der Waals surface area (Å²) in [5, 5.41) is 4.07. The van der Waals surface area contributed by atoms with Crippen molar-refractivity contribution in [1.29, 1.82) is 0 Å². The van der Waals surface area contributed by atoms with Crippen molar-refractivity contribution in [3.8, 4) is 0 Å². The zero-order valence-corrected chi connectivity index (χ0v) is 19.8. The Morgan fingerprint density at radius 2 is 2.03 bits per heavy atom. The Balaban J connectivity index is 1.38. The Kier molecular flexibility index (Phi) is 5.87. The van der Waals surface area contributed by atoms with Crippen LogP contribution in [0.5, 0.6) is 0 Å². The lowest BCUT2D eigenvalue weighted by Crippen LogP contribution is -2.30. The second kappa shape index (κ2) is 8.98. The second-order valence-corrected chi connectivity index (χ2v) is 9.44. The molecule has 0 radical (unpaired) electrons. The average Bonchev–Trinajstić information content (AvgIpc) is 3.00. The number of benzene rings is 1. The van der Waals surface area contributed by atoms with Crippen LogP contribution in [0.1, 0.15) is 47.2 Å². The second-order valence-electron chi connectivity index (χ2n) is 8.44. The van der Waals surface area contributed by atoms with Crippen molar-refractivity contribution in [3.63, 3.8) is 0 Å². The number of carbonyl (C=O) groups is 2. The molecule has 4 aromatic rings. The number of rotatable bonds is 4. The number of nitrogens with zero attached hydrogens (tertiary/aromatic N) is 3. The van der Waals surface area contributed by atoms with E-state index in [0.29, 0.717) is 32.9 Å². The van der Waals surface area contributed by atoms with Gasteiger partial charge >= 0.3 is 5.97 Å². The minimum Gasteiger partial charge on any atom is -0.448 e. The fourth-order valence-electron chi connectivity index (χ4n) is 4.32. The minimum atomic E-state index is -1.03. The highest BCUT2D eigenvalue weighted by Crippen LogP contribution is 2.29. The monoisotopic (exact) mass is 476 g/mol. The highest BCUT2D eigenvalue weighted by Gasteiger charge is 2.26. The van der Waals surface area contributed by atoms with Crippen molar-refractivity contribution in [2.45, 2.75) is 52.2 Å². The lowest BCUT2D eigenvalue weighted by Gasteiger charge is -2.14. The Labute approximate surface area is 199 Å². The maximum atomic E-state index is 13.1. The zero-order chi connectivity index (χ0) is 23.8. The van der Waals surface area contributed by atoms with Gasteiger partial charge in [0.2, 0.25) is 0 Å². The van der Waals surface area contributed by atoms with Gasteiger partial charge in [-0.15, -0.1) is 11.3 Å². The third kappa shape index (κ3) is 3.96. The smallest absolute Gasteiger partial charge is 0.349 e. The normalized spacial score (nSPS) is 14.4. The molecule has 174 valence electrons. The van der Waals surface area contributed by atoms with Crippen molar-refractivity contribution in [2.24, 2.45) is 0 Å². The van der Waals surface area contributed by atoms with Gasteiger partial charge in [0.1, 0.15) is 15.5 Å². The van der Waals surface area contributed by atoms with Crippen molar-refractivity contribution in [2.75, 3.05) is 5.32 Å². The van der Waals surface area contributed by atoms with Crippen molar-refractivity contribution in [1.82, 2.24) is 14.5 Å². The lowest BCUT2D eigenvalue weighted by molar-refractivity contribution is -0.123. The van der Waals surface area contributed by atoms with E-state index in [-0.39, 0.29) is 5.56 Å². The first-order valence-electron chi connectivity index (χ1n) is 11.3. The number of hydrogen-bond acceptors (Lipinski definition) is 7. The molecule has 1 unspecified atom stereocenters. The highest BCUT2D eigenvalue weighted by molar-refractivity contribution is 7.20. The molecule has 0 spiro atoms. The van der Waals surface area contributed by atoms with E-state index in [1.165, 1.54) is 6.92 Å². The van der Waals surface area contributed by atoms with Gasteiger partial charge in [0.25, 0.3) is 11.5 Å². The number of aryl methyl sites for hydroxylation is 2. The molecule has 1 aliphatic heterocycles. The Morgan fingerprint density at radius 1 is 1.18 bits per heavy atom. The molecule has 0 saturated carbocycles. The average molecular weight is 477 g/mol. The lowest BCUT2D eigenvalue weighted by atomic mass is 10.1. The fraction of sp³-hybridized carbons (Fsp3) is 0.320. The van der Waals surface area contributed by atoms with Crippen LogP contribution in [-0.2, 0) is 22.5 Å². The molecule has 5 rings (SSSR count). The molecule has 1 N–H and O–H groups in total. The van der Waals surface area contributed by atoms with Crippen molar-refractivity contribution in [3.05, 3.63) is 63.1 Å². The number of nitrogens with one attached hydrogen (secondary N) is 1. The van der Waals surface area contributed by atoms with Crippen LogP contribution in [-0.4, -0.2) is 32.5 Å². The summed E-state index contributed by atoms with van der Waals surface area (Å²) < 4.78 is 7.22. The summed E-state index contributed by atoms with van der Waals surface area (Å²) in [5.74, 6) is -0.316. The van der Waals surface area contributed by atoms with Crippen LogP contribution in [0.2, 0.25) is 0 Å². The molecule has 1 amide bonds. The third-order valence-corrected chi connectivity index (χ3v) is 7.32. The number of thiophene rings is 1. The maximum Gasteiger partial charge on any atom is 0.349 e. The Morgan fingerprint density at radius 3 is 2.88 bits per heavy atom. The molecule has 1 aliphatic rings. The molecule has 0 bridgehead atoms. The SMILES string of the molecule is Cc1c(C(=O)OC(C)C(=O)Nc2cccc3ncccc23)sc2nc3n(c(=O)c12)CCCCC3. The summed E-state index contributed by atoms with van der Waals surface area (Å²) in [4.78, 5) is 48.7. The van der Waals surface area contributed by atoms with Gasteiger partial charge in [0.05, 0.1) is 16.6 Å². The van der Waals surface area contributed by atoms with E-state index >= 15 is 0 Å². The largest absolute Gasteiger partial charge is 0.448 e. The van der Waals surface area contributed by atoms with E-state index in [1.54, 1.807) is 35.9 Å². The summed E-state index contributed by atoms with van der Waals surface area (Å²) in [5.41, 5.74) is 1.79. The number of carbonyl (C=O) groups excluding carboxylic acids is 2. The van der Waals surface area contributed by atoms with Gasteiger partial charge in [-0.25, -0.2) is 9.78 Å². The fourth-order valence-corrected chi connectivity index (χ4v) is 5.39. The molecule has 3 aromatic heterocycles. The first kappa shape index (κ1) is 22.2. The Bertz CT molecular complexity index is 1480. The molecule has 1 aromatic carbocycles. The van der Waals surface area contributed by atoms with Gasteiger partial charge in [-0.3, -0.25) is 19.1 Å². The van der Waals surface area contributed by atoms with E-state index in [2.05, 4.69) is 15.3 Å².